The number of halogens is 3. The van der Waals surface area contributed by atoms with Crippen LogP contribution in [0.4, 0.5) is 4.39 Å². The largest absolute Gasteiger partial charge is 0.508 e. The number of phenolic OH excluding ortho intramolecular Hbond substituents is 2. The van der Waals surface area contributed by atoms with E-state index in [1.165, 1.54) is 30.1 Å². The van der Waals surface area contributed by atoms with Gasteiger partial charge in [0.25, 0.3) is 11.8 Å². The lowest BCUT2D eigenvalue weighted by molar-refractivity contribution is -0.141. The number of carbonyl (C=O) groups is 4. The molecule has 2 saturated heterocycles. The number of likely N-dealkylation sites (tertiary alicyclic amines) is 2. The van der Waals surface area contributed by atoms with Gasteiger partial charge in [-0.25, -0.2) is 4.39 Å². The molecule has 2 N–H and O–H groups in total. The Balaban J connectivity index is 1.41. The third-order valence-electron chi connectivity index (χ3n) is 8.97. The van der Waals surface area contributed by atoms with Gasteiger partial charge in [0.1, 0.15) is 5.75 Å². The zero-order chi connectivity index (χ0) is 28.7. The first-order valence-electron chi connectivity index (χ1n) is 12.9. The summed E-state index contributed by atoms with van der Waals surface area (Å²) in [5.74, 6) is -6.90. The van der Waals surface area contributed by atoms with Crippen molar-refractivity contribution < 1.29 is 33.8 Å². The Morgan fingerprint density at radius 2 is 1.68 bits per heavy atom. The van der Waals surface area contributed by atoms with Gasteiger partial charge in [-0.05, 0) is 60.6 Å². The molecule has 11 heteroatoms. The molecule has 4 amide bonds. The zero-order valence-corrected chi connectivity index (χ0v) is 22.8. The number of imide groups is 2. The fourth-order valence-electron chi connectivity index (χ4n) is 7.01. The molecule has 0 bridgehead atoms. The van der Waals surface area contributed by atoms with Crippen molar-refractivity contribution in [2.75, 3.05) is 13.6 Å². The number of alkyl halides is 2. The molecule has 1 saturated carbocycles. The molecule has 6 rings (SSSR count). The molecule has 0 radical (unpaired) electrons. The van der Waals surface area contributed by atoms with Crippen LogP contribution < -0.4 is 0 Å². The molecule has 2 aliphatic heterocycles. The lowest BCUT2D eigenvalue weighted by Gasteiger charge is -2.50. The van der Waals surface area contributed by atoms with Crippen LogP contribution in [-0.4, -0.2) is 67.0 Å². The molecule has 2 aliphatic carbocycles. The third-order valence-corrected chi connectivity index (χ3v) is 10.4. The number of amides is 4. The predicted octanol–water partition coefficient (Wildman–Crippen LogP) is 3.47. The number of phenols is 2. The van der Waals surface area contributed by atoms with Gasteiger partial charge in [-0.2, -0.15) is 0 Å². The third kappa shape index (κ3) is 3.50. The summed E-state index contributed by atoms with van der Waals surface area (Å²) in [4.78, 5) is 52.3. The fourth-order valence-corrected chi connectivity index (χ4v) is 8.03. The number of fused-ring (bicyclic) bond motifs is 4. The minimum Gasteiger partial charge on any atom is -0.508 e. The van der Waals surface area contributed by atoms with Gasteiger partial charge in [0.15, 0.2) is 21.3 Å². The fraction of sp³-hybridized carbons (Fsp3) is 0.379. The number of benzene rings is 2. The van der Waals surface area contributed by atoms with E-state index in [2.05, 4.69) is 0 Å². The Kier molecular flexibility index (Phi) is 6.05. The first kappa shape index (κ1) is 26.8. The van der Waals surface area contributed by atoms with Gasteiger partial charge >= 0.3 is 0 Å². The normalized spacial score (nSPS) is 33.1. The summed E-state index contributed by atoms with van der Waals surface area (Å²) in [7, 11) is 1.28. The van der Waals surface area contributed by atoms with Crippen molar-refractivity contribution in [2.45, 2.75) is 34.9 Å². The highest BCUT2D eigenvalue weighted by Gasteiger charge is 2.75. The molecule has 2 aromatic carbocycles. The zero-order valence-electron chi connectivity index (χ0n) is 21.3. The Morgan fingerprint density at radius 1 is 0.975 bits per heavy atom. The van der Waals surface area contributed by atoms with Crippen LogP contribution in [0.15, 0.2) is 54.1 Å². The van der Waals surface area contributed by atoms with E-state index in [0.29, 0.717) is 12.0 Å². The number of nitrogens with zero attached hydrogens (tertiary/aromatic N) is 2. The second-order valence-electron chi connectivity index (χ2n) is 11.0. The molecular formula is C29H25Cl2FN2O6. The maximum Gasteiger partial charge on any atom is 0.253 e. The highest BCUT2D eigenvalue weighted by molar-refractivity contribution is 6.53. The van der Waals surface area contributed by atoms with Crippen LogP contribution in [0, 0.1) is 23.6 Å². The minimum absolute atomic E-state index is 0.109. The molecule has 6 unspecified atom stereocenters. The number of hydrogen-bond donors (Lipinski definition) is 2. The maximum atomic E-state index is 14.6. The number of carbonyl (C=O) groups excluding carboxylic acids is 4. The van der Waals surface area contributed by atoms with Crippen LogP contribution in [0.25, 0.3) is 0 Å². The summed E-state index contributed by atoms with van der Waals surface area (Å²) in [5.41, 5.74) is 1.61. The van der Waals surface area contributed by atoms with Crippen molar-refractivity contribution in [3.63, 3.8) is 0 Å². The standard InChI is InChI=1S/C29H25Cl2FN2O6/c1-33-26(39)28(30)13-19-17(23(29(28,31)27(33)40)15-4-9-21(36)20(32)12-15)7-8-18-22(19)25(38)34(24(18)37)11-10-14-2-5-16(35)6-3-14/h2-7,9,12,18-19,22-23,35-36H,8,10-11,13H2,1H3. The molecular weight excluding hydrogens is 562 g/mol. The predicted molar refractivity (Wildman–Crippen MR) is 142 cm³/mol. The molecule has 0 spiro atoms. The first-order chi connectivity index (χ1) is 18.9. The molecule has 2 aromatic rings. The van der Waals surface area contributed by atoms with Gasteiger partial charge in [0.05, 0.1) is 11.8 Å². The van der Waals surface area contributed by atoms with Gasteiger partial charge < -0.3 is 10.2 Å². The smallest absolute Gasteiger partial charge is 0.253 e. The molecule has 2 heterocycles. The summed E-state index contributed by atoms with van der Waals surface area (Å²) >= 11 is 14.1. The summed E-state index contributed by atoms with van der Waals surface area (Å²) < 4.78 is 14.6. The number of allylic oxidation sites excluding steroid dienone is 2. The lowest BCUT2D eigenvalue weighted by Crippen LogP contribution is -2.60. The SMILES string of the molecule is CN1C(=O)C2(Cl)CC3C(=CCC4C(=O)N(CCc5ccc(O)cc5)C(=O)C43)C(c3ccc(O)c(F)c3)C2(Cl)C1=O. The van der Waals surface area contributed by atoms with Crippen LogP contribution in [0.1, 0.15) is 29.9 Å². The van der Waals surface area contributed by atoms with Gasteiger partial charge in [-0.1, -0.05) is 29.8 Å². The Bertz CT molecular complexity index is 1510. The quantitative estimate of drug-likeness (QED) is 0.322. The van der Waals surface area contributed by atoms with E-state index in [1.54, 1.807) is 18.2 Å². The van der Waals surface area contributed by atoms with Crippen LogP contribution in [-0.2, 0) is 25.6 Å². The van der Waals surface area contributed by atoms with Gasteiger partial charge in [0.2, 0.25) is 11.8 Å². The van der Waals surface area contributed by atoms with Crippen LogP contribution in [0.5, 0.6) is 11.5 Å². The van der Waals surface area contributed by atoms with E-state index >= 15 is 0 Å². The highest BCUT2D eigenvalue weighted by Crippen LogP contribution is 2.65. The molecule has 40 heavy (non-hydrogen) atoms. The van der Waals surface area contributed by atoms with Crippen LogP contribution >= 0.6 is 23.2 Å². The van der Waals surface area contributed by atoms with Gasteiger partial charge in [-0.15, -0.1) is 23.2 Å². The van der Waals surface area contributed by atoms with Crippen LogP contribution in [0.3, 0.4) is 0 Å². The van der Waals surface area contributed by atoms with Crippen LogP contribution in [0.2, 0.25) is 0 Å². The van der Waals surface area contributed by atoms with Crippen molar-refractivity contribution in [2.24, 2.45) is 17.8 Å². The molecule has 8 nitrogen and oxygen atoms in total. The van der Waals surface area contributed by atoms with E-state index in [0.717, 1.165) is 22.6 Å². The summed E-state index contributed by atoms with van der Waals surface area (Å²) in [5, 5.41) is 19.3. The Hall–Kier alpha value is -3.43. The number of rotatable bonds is 4. The number of aromatic hydroxyl groups is 2. The van der Waals surface area contributed by atoms with Gasteiger partial charge in [0, 0.05) is 19.5 Å². The van der Waals surface area contributed by atoms with Gasteiger partial charge in [-0.3, -0.25) is 29.0 Å². The molecule has 4 aliphatic rings. The van der Waals surface area contributed by atoms with E-state index in [1.807, 2.05) is 0 Å². The van der Waals surface area contributed by atoms with E-state index in [9.17, 15) is 33.8 Å². The second-order valence-corrected chi connectivity index (χ2v) is 12.2. The first-order valence-corrected chi connectivity index (χ1v) is 13.7. The Labute approximate surface area is 239 Å². The highest BCUT2D eigenvalue weighted by atomic mass is 35.5. The van der Waals surface area contributed by atoms with Crippen molar-refractivity contribution in [1.82, 2.24) is 9.80 Å². The average molecular weight is 587 g/mol. The summed E-state index contributed by atoms with van der Waals surface area (Å²) in [6.45, 7) is 0.135. The topological polar surface area (TPSA) is 115 Å². The van der Waals surface area contributed by atoms with E-state index in [4.69, 9.17) is 23.2 Å². The number of hydrogen-bond acceptors (Lipinski definition) is 6. The molecule has 208 valence electrons. The van der Waals surface area contributed by atoms with Crippen molar-refractivity contribution in [3.05, 3.63) is 71.1 Å². The van der Waals surface area contributed by atoms with Crippen molar-refractivity contribution >= 4 is 46.8 Å². The maximum absolute atomic E-state index is 14.6. The van der Waals surface area contributed by atoms with E-state index in [-0.39, 0.29) is 36.6 Å². The van der Waals surface area contributed by atoms with Crippen molar-refractivity contribution in [3.8, 4) is 11.5 Å². The average Bonchev–Trinajstić information content (AvgIpc) is 3.24. The minimum atomic E-state index is -2.01. The lowest BCUT2D eigenvalue weighted by atomic mass is 9.56. The Morgan fingerprint density at radius 3 is 2.35 bits per heavy atom. The monoisotopic (exact) mass is 586 g/mol. The summed E-state index contributed by atoms with van der Waals surface area (Å²) in [6.07, 6.45) is 2.21. The van der Waals surface area contributed by atoms with E-state index < -0.39 is 62.7 Å². The van der Waals surface area contributed by atoms with Crippen molar-refractivity contribution in [1.29, 1.82) is 0 Å². The molecule has 3 fully saturated rings. The second kappa shape index (κ2) is 9.04. The molecule has 6 atom stereocenters. The molecule has 0 aromatic heterocycles. The summed E-state index contributed by atoms with van der Waals surface area (Å²) in [6, 6.07) is 10.1.